The van der Waals surface area contributed by atoms with Crippen LogP contribution in [0, 0.1) is 13.8 Å². The van der Waals surface area contributed by atoms with Crippen molar-refractivity contribution in [2.45, 2.75) is 34.2 Å². The highest BCUT2D eigenvalue weighted by Crippen LogP contribution is 2.28. The van der Waals surface area contributed by atoms with E-state index < -0.39 is 5.97 Å². The Hall–Kier alpha value is -3.13. The predicted octanol–water partition coefficient (Wildman–Crippen LogP) is 1.94. The van der Waals surface area contributed by atoms with Gasteiger partial charge < -0.3 is 18.8 Å². The molecule has 1 aromatic carbocycles. The smallest absolute Gasteiger partial charge is 0.344 e. The van der Waals surface area contributed by atoms with E-state index in [0.717, 1.165) is 21.8 Å². The number of ketones is 1. The maximum Gasteiger partial charge on any atom is 0.344 e. The van der Waals surface area contributed by atoms with E-state index in [0.29, 0.717) is 6.54 Å². The van der Waals surface area contributed by atoms with Crippen LogP contribution in [0.5, 0.6) is 5.75 Å². The lowest BCUT2D eigenvalue weighted by atomic mass is 10.1. The van der Waals surface area contributed by atoms with Crippen molar-refractivity contribution in [3.63, 3.8) is 0 Å². The topological polar surface area (TPSA) is 99.3 Å². The van der Waals surface area contributed by atoms with Crippen molar-refractivity contribution >= 4 is 23.5 Å². The number of nitrogens with one attached hydrogen (secondary N) is 2. The maximum absolute atomic E-state index is 12.6. The number of Topliss-reactive ketones (excluding diaryl/α,β-unsaturated/α-hetero) is 1. The Morgan fingerprint density at radius 2 is 1.87 bits per heavy atom. The molecular formula is C22H29N2O6+. The molecule has 162 valence electrons. The molecule has 2 aromatic rings. The van der Waals surface area contributed by atoms with Gasteiger partial charge in [-0.15, -0.1) is 0 Å². The standard InChI is InChI=1S/C22H28N2O6/c1-7-29-22(27)20-19(14(3)25)15(4)30-21(20)23-18(26)12-24(5)11-16-10-13(2)8-9-17(16)28-6/h8-10H,7,11-12H2,1-6H3,(H,23,26)/p+1. The van der Waals surface area contributed by atoms with Gasteiger partial charge in [0.25, 0.3) is 5.91 Å². The molecule has 1 atom stereocenters. The summed E-state index contributed by atoms with van der Waals surface area (Å²) in [6.07, 6.45) is 0. The molecule has 1 heterocycles. The van der Waals surface area contributed by atoms with Crippen LogP contribution < -0.4 is 15.0 Å². The van der Waals surface area contributed by atoms with Crippen LogP contribution in [0.3, 0.4) is 0 Å². The van der Waals surface area contributed by atoms with Crippen molar-refractivity contribution in [3.8, 4) is 5.75 Å². The number of methoxy groups -OCH3 is 1. The Morgan fingerprint density at radius 3 is 2.47 bits per heavy atom. The number of benzene rings is 1. The molecule has 0 aliphatic rings. The first kappa shape index (κ1) is 23.2. The molecule has 8 nitrogen and oxygen atoms in total. The van der Waals surface area contributed by atoms with E-state index in [1.54, 1.807) is 21.0 Å². The van der Waals surface area contributed by atoms with Gasteiger partial charge in [0.1, 0.15) is 23.6 Å². The molecule has 1 aromatic heterocycles. The van der Waals surface area contributed by atoms with Crippen LogP contribution in [-0.4, -0.2) is 45.0 Å². The highest BCUT2D eigenvalue weighted by Gasteiger charge is 2.29. The van der Waals surface area contributed by atoms with Crippen molar-refractivity contribution < 1.29 is 33.2 Å². The molecule has 0 spiro atoms. The van der Waals surface area contributed by atoms with Crippen molar-refractivity contribution in [1.82, 2.24) is 0 Å². The lowest BCUT2D eigenvalue weighted by Gasteiger charge is -2.16. The van der Waals surface area contributed by atoms with E-state index in [1.807, 2.05) is 32.2 Å². The number of amides is 1. The summed E-state index contributed by atoms with van der Waals surface area (Å²) in [5, 5.41) is 2.61. The number of hydrogen-bond acceptors (Lipinski definition) is 6. The number of carbonyl (C=O) groups excluding carboxylic acids is 3. The van der Waals surface area contributed by atoms with Crippen molar-refractivity contribution in [2.75, 3.05) is 32.6 Å². The largest absolute Gasteiger partial charge is 0.496 e. The second kappa shape index (κ2) is 10.1. The molecule has 0 saturated heterocycles. The number of esters is 1. The highest BCUT2D eigenvalue weighted by atomic mass is 16.5. The van der Waals surface area contributed by atoms with Crippen LogP contribution in [0.25, 0.3) is 0 Å². The predicted molar refractivity (Wildman–Crippen MR) is 111 cm³/mol. The molecular weight excluding hydrogens is 388 g/mol. The first-order valence-electron chi connectivity index (χ1n) is 9.74. The number of likely N-dealkylation sites (N-methyl/N-ethyl adjacent to an activating group) is 1. The van der Waals surface area contributed by atoms with Crippen molar-refractivity contribution in [3.05, 3.63) is 46.2 Å². The average Bonchev–Trinajstić information content (AvgIpc) is 2.97. The van der Waals surface area contributed by atoms with Crippen LogP contribution in [0.2, 0.25) is 0 Å². The van der Waals surface area contributed by atoms with Crippen LogP contribution in [0.4, 0.5) is 5.88 Å². The quantitative estimate of drug-likeness (QED) is 0.478. The van der Waals surface area contributed by atoms with E-state index in [4.69, 9.17) is 13.9 Å². The van der Waals surface area contributed by atoms with Crippen LogP contribution in [-0.2, 0) is 16.1 Å². The van der Waals surface area contributed by atoms with Crippen LogP contribution in [0.15, 0.2) is 22.6 Å². The fourth-order valence-corrected chi connectivity index (χ4v) is 3.33. The Bertz CT molecular complexity index is 947. The Morgan fingerprint density at radius 1 is 1.17 bits per heavy atom. The highest BCUT2D eigenvalue weighted by molar-refractivity contribution is 6.10. The monoisotopic (exact) mass is 417 g/mol. The molecule has 0 bridgehead atoms. The van der Waals surface area contributed by atoms with Gasteiger partial charge in [-0.05, 0) is 39.8 Å². The fourth-order valence-electron chi connectivity index (χ4n) is 3.33. The third-order valence-corrected chi connectivity index (χ3v) is 4.56. The van der Waals surface area contributed by atoms with Gasteiger partial charge in [0.15, 0.2) is 12.3 Å². The van der Waals surface area contributed by atoms with E-state index in [-0.39, 0.29) is 47.6 Å². The summed E-state index contributed by atoms with van der Waals surface area (Å²) in [6.45, 7) is 7.38. The first-order valence-corrected chi connectivity index (χ1v) is 9.74. The molecule has 1 amide bonds. The summed E-state index contributed by atoms with van der Waals surface area (Å²) in [6, 6.07) is 5.89. The molecule has 8 heteroatoms. The SMILES string of the molecule is CCOC(=O)c1c(NC(=O)C[NH+](C)Cc2cc(C)ccc2OC)oc(C)c1C(C)=O. The molecule has 0 fully saturated rings. The number of rotatable bonds is 9. The second-order valence-electron chi connectivity index (χ2n) is 7.19. The fraction of sp³-hybridized carbons (Fsp3) is 0.409. The summed E-state index contributed by atoms with van der Waals surface area (Å²) in [5.74, 6) is -0.450. The van der Waals surface area contributed by atoms with Gasteiger partial charge >= 0.3 is 5.97 Å². The van der Waals surface area contributed by atoms with Gasteiger partial charge in [-0.25, -0.2) is 4.79 Å². The molecule has 2 rings (SSSR count). The summed E-state index contributed by atoms with van der Waals surface area (Å²) < 4.78 is 15.9. The van der Waals surface area contributed by atoms with Gasteiger partial charge in [-0.2, -0.15) is 0 Å². The zero-order chi connectivity index (χ0) is 22.4. The zero-order valence-electron chi connectivity index (χ0n) is 18.3. The van der Waals surface area contributed by atoms with Crippen molar-refractivity contribution in [1.29, 1.82) is 0 Å². The van der Waals surface area contributed by atoms with E-state index in [9.17, 15) is 14.4 Å². The first-order chi connectivity index (χ1) is 14.2. The third-order valence-electron chi connectivity index (χ3n) is 4.56. The number of carbonyl (C=O) groups is 3. The molecule has 0 aliphatic carbocycles. The lowest BCUT2D eigenvalue weighted by Crippen LogP contribution is -3.08. The summed E-state index contributed by atoms with van der Waals surface area (Å²) in [4.78, 5) is 37.8. The zero-order valence-corrected chi connectivity index (χ0v) is 18.3. The molecule has 30 heavy (non-hydrogen) atoms. The molecule has 0 aliphatic heterocycles. The normalized spacial score (nSPS) is 11.7. The Balaban J connectivity index is 2.16. The molecule has 1 unspecified atom stereocenters. The summed E-state index contributed by atoms with van der Waals surface area (Å²) >= 11 is 0. The number of furan rings is 1. The van der Waals surface area contributed by atoms with Crippen LogP contribution >= 0.6 is 0 Å². The van der Waals surface area contributed by atoms with Gasteiger partial charge in [0, 0.05) is 5.56 Å². The Kier molecular flexibility index (Phi) is 7.77. The van der Waals surface area contributed by atoms with Gasteiger partial charge in [0.2, 0.25) is 5.88 Å². The second-order valence-corrected chi connectivity index (χ2v) is 7.19. The number of hydrogen-bond donors (Lipinski definition) is 2. The maximum atomic E-state index is 12.6. The van der Waals surface area contributed by atoms with Gasteiger partial charge in [-0.3, -0.25) is 14.9 Å². The van der Waals surface area contributed by atoms with E-state index in [1.165, 1.54) is 6.92 Å². The number of anilines is 1. The minimum Gasteiger partial charge on any atom is -0.496 e. The summed E-state index contributed by atoms with van der Waals surface area (Å²) in [7, 11) is 3.49. The minimum absolute atomic E-state index is 0.0480. The van der Waals surface area contributed by atoms with E-state index in [2.05, 4.69) is 5.32 Å². The van der Waals surface area contributed by atoms with Gasteiger partial charge in [0.05, 0.1) is 26.3 Å². The number of aryl methyl sites for hydroxylation is 2. The molecule has 0 radical (unpaired) electrons. The van der Waals surface area contributed by atoms with Crippen molar-refractivity contribution in [2.24, 2.45) is 0 Å². The number of ether oxygens (including phenoxy) is 2. The molecule has 2 N–H and O–H groups in total. The van der Waals surface area contributed by atoms with E-state index >= 15 is 0 Å². The number of quaternary nitrogens is 1. The Labute approximate surface area is 176 Å². The molecule has 0 saturated carbocycles. The summed E-state index contributed by atoms with van der Waals surface area (Å²) in [5.41, 5.74) is 2.16. The minimum atomic E-state index is -0.708. The average molecular weight is 417 g/mol. The lowest BCUT2D eigenvalue weighted by molar-refractivity contribution is -0.885. The van der Waals surface area contributed by atoms with Crippen LogP contribution in [0.1, 0.15) is 51.5 Å². The third kappa shape index (κ3) is 5.48. The van der Waals surface area contributed by atoms with Gasteiger partial charge in [-0.1, -0.05) is 11.6 Å².